The fourth-order valence-corrected chi connectivity index (χ4v) is 0.955. The molecule has 1 rings (SSSR count). The van der Waals surface area contributed by atoms with Crippen LogP contribution in [0.5, 0.6) is 0 Å². The largest absolute Gasteiger partial charge is 0.463 e. The van der Waals surface area contributed by atoms with Crippen LogP contribution in [0, 0.1) is 7.05 Å². The van der Waals surface area contributed by atoms with Crippen molar-refractivity contribution in [1.82, 2.24) is 0 Å². The lowest BCUT2D eigenvalue weighted by Gasteiger charge is -2.39. The molecule has 1 heterocycles. The minimum absolute atomic E-state index is 0.681. The number of hydrogen-bond acceptors (Lipinski definition) is 1. The molecule has 2 nitrogen and oxygen atoms in total. The van der Waals surface area contributed by atoms with Crippen molar-refractivity contribution in [2.75, 3.05) is 20.3 Å². The molecule has 48 valence electrons. The van der Waals surface area contributed by atoms with Gasteiger partial charge in [0.15, 0.2) is 0 Å². The van der Waals surface area contributed by atoms with Crippen LogP contribution in [0.3, 0.4) is 0 Å². The quantitative estimate of drug-likeness (QED) is 0.460. The van der Waals surface area contributed by atoms with Crippen molar-refractivity contribution in [2.24, 2.45) is 0 Å². The van der Waals surface area contributed by atoms with E-state index < -0.39 is 0 Å². The van der Waals surface area contributed by atoms with Crippen LogP contribution in [-0.2, 0) is 4.74 Å². The van der Waals surface area contributed by atoms with Crippen molar-refractivity contribution < 1.29 is 9.64 Å². The first-order valence-corrected chi connectivity index (χ1v) is 3.01. The van der Waals surface area contributed by atoms with Crippen molar-refractivity contribution >= 4 is 0 Å². The van der Waals surface area contributed by atoms with E-state index in [0.29, 0.717) is 6.04 Å². The molecule has 1 unspecified atom stereocenters. The Morgan fingerprint density at radius 2 is 2.62 bits per heavy atom. The smallest absolute Gasteiger partial charge is 0.0961 e. The van der Waals surface area contributed by atoms with Crippen LogP contribution in [0.25, 0.3) is 0 Å². The first-order valence-electron chi connectivity index (χ1n) is 3.01. The third kappa shape index (κ3) is 1.01. The molecule has 1 fully saturated rings. The highest BCUT2D eigenvalue weighted by molar-refractivity contribution is 4.61. The number of rotatable bonds is 2. The Labute approximate surface area is 50.4 Å². The molecular weight excluding hydrogens is 102 g/mol. The van der Waals surface area contributed by atoms with E-state index in [2.05, 4.69) is 7.05 Å². The molecule has 0 amide bonds. The lowest BCUT2D eigenvalue weighted by Crippen LogP contribution is -3.18. The van der Waals surface area contributed by atoms with Gasteiger partial charge >= 0.3 is 0 Å². The van der Waals surface area contributed by atoms with Crippen LogP contribution in [0.1, 0.15) is 6.42 Å². The molecule has 1 aliphatic rings. The molecule has 2 atom stereocenters. The predicted octanol–water partition coefficient (Wildman–Crippen LogP) is -0.918. The highest BCUT2D eigenvalue weighted by Gasteiger charge is 2.23. The average Bonchev–Trinajstić information content (AvgIpc) is 1.79. The number of quaternary nitrogens is 1. The molecule has 0 aliphatic carbocycles. The summed E-state index contributed by atoms with van der Waals surface area (Å²) < 4.78 is 4.96. The molecule has 1 aliphatic heterocycles. The van der Waals surface area contributed by atoms with Crippen molar-refractivity contribution in [1.29, 1.82) is 0 Å². The Kier molecular flexibility index (Phi) is 1.86. The van der Waals surface area contributed by atoms with Gasteiger partial charge in [0.2, 0.25) is 0 Å². The van der Waals surface area contributed by atoms with E-state index >= 15 is 0 Å². The van der Waals surface area contributed by atoms with Gasteiger partial charge in [0.25, 0.3) is 0 Å². The highest BCUT2D eigenvalue weighted by atomic mass is 16.5. The van der Waals surface area contributed by atoms with E-state index in [1.807, 2.05) is 0 Å². The molecule has 0 aromatic heterocycles. The van der Waals surface area contributed by atoms with Gasteiger partial charge in [0, 0.05) is 13.5 Å². The van der Waals surface area contributed by atoms with E-state index in [1.165, 1.54) is 17.9 Å². The molecule has 0 aromatic carbocycles. The van der Waals surface area contributed by atoms with Gasteiger partial charge in [-0.25, -0.2) is 0 Å². The molecule has 0 radical (unpaired) electrons. The highest BCUT2D eigenvalue weighted by Crippen LogP contribution is 1.93. The van der Waals surface area contributed by atoms with E-state index in [4.69, 9.17) is 4.74 Å². The van der Waals surface area contributed by atoms with Crippen LogP contribution in [-0.4, -0.2) is 26.3 Å². The SMILES string of the molecule is [CH2-][NH+]1CC[C@H]1COC. The zero-order valence-electron chi connectivity index (χ0n) is 5.31. The van der Waals surface area contributed by atoms with Gasteiger partial charge in [-0.2, -0.15) is 7.05 Å². The normalized spacial score (nSPS) is 36.8. The molecule has 0 saturated carbocycles. The van der Waals surface area contributed by atoms with Gasteiger partial charge in [0.05, 0.1) is 19.2 Å². The van der Waals surface area contributed by atoms with Crippen molar-refractivity contribution in [3.8, 4) is 0 Å². The molecule has 8 heavy (non-hydrogen) atoms. The summed E-state index contributed by atoms with van der Waals surface area (Å²) in [6, 6.07) is 0.681. The molecule has 1 N–H and O–H groups in total. The molecule has 1 saturated heterocycles. The Morgan fingerprint density at radius 3 is 2.75 bits per heavy atom. The van der Waals surface area contributed by atoms with Crippen LogP contribution in [0.4, 0.5) is 0 Å². The maximum absolute atomic E-state index is 4.96. The first kappa shape index (κ1) is 6.05. The Morgan fingerprint density at radius 1 is 1.88 bits per heavy atom. The number of ether oxygens (including phenoxy) is 1. The van der Waals surface area contributed by atoms with Gasteiger partial charge in [-0.05, 0) is 0 Å². The van der Waals surface area contributed by atoms with Gasteiger partial charge in [-0.3, -0.25) is 0 Å². The van der Waals surface area contributed by atoms with Gasteiger partial charge in [0.1, 0.15) is 0 Å². The number of methoxy groups -OCH3 is 1. The third-order valence-electron chi connectivity index (χ3n) is 1.76. The summed E-state index contributed by atoms with van der Waals surface area (Å²) in [5.41, 5.74) is 0. The fourth-order valence-electron chi connectivity index (χ4n) is 0.955. The Hall–Kier alpha value is -0.0800. The van der Waals surface area contributed by atoms with Crippen LogP contribution < -0.4 is 4.90 Å². The predicted molar refractivity (Wildman–Crippen MR) is 31.5 cm³/mol. The van der Waals surface area contributed by atoms with Gasteiger partial charge in [-0.1, -0.05) is 0 Å². The second kappa shape index (κ2) is 2.46. The first-order chi connectivity index (χ1) is 3.84. The van der Waals surface area contributed by atoms with Crippen molar-refractivity contribution in [3.05, 3.63) is 7.05 Å². The zero-order chi connectivity index (χ0) is 5.98. The van der Waals surface area contributed by atoms with E-state index in [-0.39, 0.29) is 0 Å². The number of likely N-dealkylation sites (tertiary alicyclic amines) is 1. The monoisotopic (exact) mass is 115 g/mol. The lowest BCUT2D eigenvalue weighted by molar-refractivity contribution is -0.925. The lowest BCUT2D eigenvalue weighted by atomic mass is 10.1. The summed E-state index contributed by atoms with van der Waals surface area (Å²) in [4.78, 5) is 1.37. The summed E-state index contributed by atoms with van der Waals surface area (Å²) in [6.07, 6.45) is 1.28. The molecule has 0 spiro atoms. The maximum Gasteiger partial charge on any atom is 0.0961 e. The minimum atomic E-state index is 0.681. The zero-order valence-corrected chi connectivity index (χ0v) is 5.31. The van der Waals surface area contributed by atoms with E-state index in [1.54, 1.807) is 7.11 Å². The Bertz CT molecular complexity index is 74.9. The molecule has 0 bridgehead atoms. The van der Waals surface area contributed by atoms with Crippen LogP contribution >= 0.6 is 0 Å². The van der Waals surface area contributed by atoms with Crippen LogP contribution in [0.2, 0.25) is 0 Å². The standard InChI is InChI=1S/C6H13NO/c1-7-4-3-6(7)5-8-2/h6-7H,1,3-5H2,2H3/t6-/m0/s1. The van der Waals surface area contributed by atoms with Gasteiger partial charge < -0.3 is 9.64 Å². The van der Waals surface area contributed by atoms with E-state index in [0.717, 1.165) is 6.61 Å². The maximum atomic E-state index is 4.96. The topological polar surface area (TPSA) is 13.7 Å². The summed E-state index contributed by atoms with van der Waals surface area (Å²) in [5, 5.41) is 0. The third-order valence-corrected chi connectivity index (χ3v) is 1.76. The molecule has 0 aromatic rings. The number of nitrogens with one attached hydrogen (secondary N) is 1. The van der Waals surface area contributed by atoms with Crippen LogP contribution in [0.15, 0.2) is 0 Å². The van der Waals surface area contributed by atoms with Crippen molar-refractivity contribution in [3.63, 3.8) is 0 Å². The van der Waals surface area contributed by atoms with E-state index in [9.17, 15) is 0 Å². The second-order valence-corrected chi connectivity index (χ2v) is 2.35. The summed E-state index contributed by atoms with van der Waals surface area (Å²) in [7, 11) is 5.62. The fraction of sp³-hybridized carbons (Fsp3) is 0.833. The summed E-state index contributed by atoms with van der Waals surface area (Å²) in [6.45, 7) is 2.09. The number of hydrogen-bond donors (Lipinski definition) is 1. The summed E-state index contributed by atoms with van der Waals surface area (Å²) >= 11 is 0. The second-order valence-electron chi connectivity index (χ2n) is 2.35. The molecular formula is C6H13NO. The Balaban J connectivity index is 2.08. The van der Waals surface area contributed by atoms with Gasteiger partial charge in [-0.15, -0.1) is 0 Å². The minimum Gasteiger partial charge on any atom is -0.463 e. The molecule has 2 heteroatoms. The summed E-state index contributed by atoms with van der Waals surface area (Å²) in [5.74, 6) is 0. The average molecular weight is 115 g/mol. The van der Waals surface area contributed by atoms with Crippen molar-refractivity contribution in [2.45, 2.75) is 12.5 Å².